The highest BCUT2D eigenvalue weighted by Crippen LogP contribution is 2.43. The number of hydrogen-bond donors (Lipinski definition) is 1. The van der Waals surface area contributed by atoms with Gasteiger partial charge in [-0.2, -0.15) is 0 Å². The van der Waals surface area contributed by atoms with Crippen LogP contribution in [0, 0.1) is 11.8 Å². The van der Waals surface area contributed by atoms with Crippen molar-refractivity contribution in [3.05, 3.63) is 0 Å². The van der Waals surface area contributed by atoms with Gasteiger partial charge in [0.1, 0.15) is 0 Å². The van der Waals surface area contributed by atoms with Crippen molar-refractivity contribution in [3.8, 4) is 0 Å². The van der Waals surface area contributed by atoms with Crippen molar-refractivity contribution in [1.82, 2.24) is 4.98 Å². The molecule has 0 fully saturated rings. The molecule has 0 aromatic carbocycles. The van der Waals surface area contributed by atoms with Crippen LogP contribution in [0.3, 0.4) is 0 Å². The van der Waals surface area contributed by atoms with Crippen LogP contribution in [0.4, 0.5) is 0 Å². The first-order valence-electron chi connectivity index (χ1n) is 6.08. The molecule has 0 unspecified atom stereocenters. The van der Waals surface area contributed by atoms with Gasteiger partial charge in [-0.25, -0.2) is 0 Å². The molecule has 0 bridgehead atoms. The van der Waals surface area contributed by atoms with Crippen molar-refractivity contribution in [1.29, 1.82) is 0 Å². The first-order chi connectivity index (χ1) is 7.23. The molecule has 0 atom stereocenters. The van der Waals surface area contributed by atoms with Gasteiger partial charge < -0.3 is 8.85 Å². The van der Waals surface area contributed by atoms with Crippen LogP contribution in [-0.2, 0) is 8.85 Å². The first kappa shape index (κ1) is 16.1. The van der Waals surface area contributed by atoms with E-state index in [1.54, 1.807) is 14.2 Å². The fraction of sp³-hybridized carbons (Fsp3) is 1.00. The van der Waals surface area contributed by atoms with Crippen LogP contribution in [0.15, 0.2) is 0 Å². The van der Waals surface area contributed by atoms with Gasteiger partial charge in [0.25, 0.3) is 0 Å². The van der Waals surface area contributed by atoms with Gasteiger partial charge >= 0.3 is 8.72 Å². The van der Waals surface area contributed by atoms with Gasteiger partial charge in [0.05, 0.1) is 0 Å². The maximum atomic E-state index is 5.77. The lowest BCUT2D eigenvalue weighted by Gasteiger charge is -2.44. The van der Waals surface area contributed by atoms with E-state index in [-0.39, 0.29) is 5.04 Å². The van der Waals surface area contributed by atoms with Crippen LogP contribution in [0.1, 0.15) is 41.5 Å². The molecule has 98 valence electrons. The molecule has 0 aromatic heterocycles. The van der Waals surface area contributed by atoms with E-state index in [1.807, 2.05) is 0 Å². The third-order valence-electron chi connectivity index (χ3n) is 3.61. The first-order valence-corrected chi connectivity index (χ1v) is 7.90. The zero-order chi connectivity index (χ0) is 13.0. The second-order valence-electron chi connectivity index (χ2n) is 5.68. The normalized spacial score (nSPS) is 13.9. The van der Waals surface area contributed by atoms with Gasteiger partial charge in [0.15, 0.2) is 0 Å². The van der Waals surface area contributed by atoms with Crippen molar-refractivity contribution in [2.45, 2.75) is 46.6 Å². The average Bonchev–Trinajstić information content (AvgIpc) is 2.19. The van der Waals surface area contributed by atoms with E-state index in [1.165, 1.54) is 0 Å². The average molecular weight is 247 g/mol. The number of nitrogens with one attached hydrogen (secondary N) is 1. The lowest BCUT2D eigenvalue weighted by atomic mass is 9.99. The summed E-state index contributed by atoms with van der Waals surface area (Å²) < 4.78 is 11.5. The van der Waals surface area contributed by atoms with Gasteiger partial charge in [-0.1, -0.05) is 41.5 Å². The van der Waals surface area contributed by atoms with E-state index in [9.17, 15) is 0 Å². The molecule has 16 heavy (non-hydrogen) atoms. The molecular weight excluding hydrogens is 218 g/mol. The Morgan fingerprint density at radius 3 is 1.75 bits per heavy atom. The summed E-state index contributed by atoms with van der Waals surface area (Å²) in [5.74, 6) is 1.11. The van der Waals surface area contributed by atoms with Crippen LogP contribution < -0.4 is 4.98 Å². The summed E-state index contributed by atoms with van der Waals surface area (Å²) in [6.07, 6.45) is 0. The van der Waals surface area contributed by atoms with Crippen molar-refractivity contribution < 1.29 is 8.85 Å². The van der Waals surface area contributed by atoms with Crippen LogP contribution in [0.5, 0.6) is 0 Å². The second kappa shape index (κ2) is 6.14. The van der Waals surface area contributed by atoms with E-state index in [0.29, 0.717) is 11.8 Å². The molecule has 0 saturated carbocycles. The third kappa shape index (κ3) is 3.29. The van der Waals surface area contributed by atoms with E-state index in [0.717, 1.165) is 6.54 Å². The standard InChI is InChI=1S/C12H29NO2Si/c1-10(2)9-13-16(14-7,15-8)12(5,6)11(3)4/h10-11,13H,9H2,1-8H3. The van der Waals surface area contributed by atoms with Gasteiger partial charge in [-0.15, -0.1) is 0 Å². The Morgan fingerprint density at radius 1 is 1.06 bits per heavy atom. The predicted molar refractivity (Wildman–Crippen MR) is 71.5 cm³/mol. The van der Waals surface area contributed by atoms with E-state index in [2.05, 4.69) is 46.5 Å². The summed E-state index contributed by atoms with van der Waals surface area (Å²) in [6, 6.07) is 0. The number of hydrogen-bond acceptors (Lipinski definition) is 3. The molecule has 0 heterocycles. The van der Waals surface area contributed by atoms with Crippen LogP contribution in [0.2, 0.25) is 5.04 Å². The van der Waals surface area contributed by atoms with E-state index < -0.39 is 8.72 Å². The molecule has 0 aliphatic heterocycles. The summed E-state index contributed by atoms with van der Waals surface area (Å²) in [5.41, 5.74) is 0. The Morgan fingerprint density at radius 2 is 1.50 bits per heavy atom. The van der Waals surface area contributed by atoms with Gasteiger partial charge in [0.2, 0.25) is 0 Å². The highest BCUT2D eigenvalue weighted by molar-refractivity contribution is 6.68. The van der Waals surface area contributed by atoms with Crippen molar-refractivity contribution in [2.75, 3.05) is 20.8 Å². The molecule has 0 aromatic rings. The monoisotopic (exact) mass is 247 g/mol. The summed E-state index contributed by atoms with van der Waals surface area (Å²) in [4.78, 5) is 3.55. The summed E-state index contributed by atoms with van der Waals surface area (Å²) in [7, 11) is 1.17. The molecule has 3 nitrogen and oxygen atoms in total. The molecular formula is C12H29NO2Si. The zero-order valence-electron chi connectivity index (χ0n) is 12.2. The maximum absolute atomic E-state index is 5.77. The van der Waals surface area contributed by atoms with Crippen molar-refractivity contribution >= 4 is 8.72 Å². The minimum absolute atomic E-state index is 0.0331. The molecule has 0 amide bonds. The van der Waals surface area contributed by atoms with E-state index in [4.69, 9.17) is 8.85 Å². The summed E-state index contributed by atoms with van der Waals surface area (Å²) in [6.45, 7) is 14.2. The summed E-state index contributed by atoms with van der Waals surface area (Å²) >= 11 is 0. The highest BCUT2D eigenvalue weighted by Gasteiger charge is 2.53. The fourth-order valence-corrected chi connectivity index (χ4v) is 5.10. The Balaban J connectivity index is 4.93. The Hall–Kier alpha value is 0.0969. The van der Waals surface area contributed by atoms with Crippen LogP contribution in [-0.4, -0.2) is 29.5 Å². The molecule has 0 saturated heterocycles. The minimum atomic E-state index is -2.35. The molecule has 0 aliphatic carbocycles. The Kier molecular flexibility index (Phi) is 6.18. The molecule has 0 radical (unpaired) electrons. The highest BCUT2D eigenvalue weighted by atomic mass is 28.4. The lowest BCUT2D eigenvalue weighted by molar-refractivity contribution is 0.176. The van der Waals surface area contributed by atoms with Gasteiger partial charge in [-0.3, -0.25) is 4.98 Å². The quantitative estimate of drug-likeness (QED) is 0.702. The molecule has 0 spiro atoms. The van der Waals surface area contributed by atoms with Crippen LogP contribution >= 0.6 is 0 Å². The molecule has 4 heteroatoms. The van der Waals surface area contributed by atoms with E-state index >= 15 is 0 Å². The van der Waals surface area contributed by atoms with Crippen molar-refractivity contribution in [2.24, 2.45) is 11.8 Å². The minimum Gasteiger partial charge on any atom is -0.386 e. The van der Waals surface area contributed by atoms with Crippen molar-refractivity contribution in [3.63, 3.8) is 0 Å². The third-order valence-corrected chi connectivity index (χ3v) is 7.70. The predicted octanol–water partition coefficient (Wildman–Crippen LogP) is 2.90. The number of rotatable bonds is 7. The lowest BCUT2D eigenvalue weighted by Crippen LogP contribution is -2.64. The second-order valence-corrected chi connectivity index (χ2v) is 9.37. The fourth-order valence-electron chi connectivity index (χ4n) is 1.70. The maximum Gasteiger partial charge on any atom is 0.430 e. The smallest absolute Gasteiger partial charge is 0.386 e. The molecule has 1 N–H and O–H groups in total. The summed E-state index contributed by atoms with van der Waals surface area (Å²) in [5, 5.41) is 0.0331. The molecule has 0 rings (SSSR count). The van der Waals surface area contributed by atoms with Gasteiger partial charge in [-0.05, 0) is 18.4 Å². The Bertz CT molecular complexity index is 201. The Labute approximate surface area is 102 Å². The zero-order valence-corrected chi connectivity index (χ0v) is 13.2. The SMILES string of the molecule is CO[Si](NCC(C)C)(OC)C(C)(C)C(C)C. The topological polar surface area (TPSA) is 30.5 Å². The molecule has 0 aliphatic rings. The largest absolute Gasteiger partial charge is 0.430 e. The van der Waals surface area contributed by atoms with Gasteiger partial charge in [0, 0.05) is 19.3 Å². The van der Waals surface area contributed by atoms with Crippen LogP contribution in [0.25, 0.3) is 0 Å².